The van der Waals surface area contributed by atoms with E-state index < -0.39 is 36.8 Å². The number of nitrogens with zero attached hydrogens (tertiary/aromatic N) is 2. The van der Waals surface area contributed by atoms with E-state index in [0.717, 1.165) is 21.3 Å². The summed E-state index contributed by atoms with van der Waals surface area (Å²) in [4.78, 5) is 17.9. The van der Waals surface area contributed by atoms with Gasteiger partial charge in [0.05, 0.1) is 20.1 Å². The number of nitrogens with one attached hydrogen (secondary N) is 1. The number of anilines is 1. The van der Waals surface area contributed by atoms with Gasteiger partial charge in [-0.25, -0.2) is 9.18 Å². The van der Waals surface area contributed by atoms with Gasteiger partial charge in [0.25, 0.3) is 0 Å². The Hall–Kier alpha value is -3.99. The Morgan fingerprint density at radius 3 is 2.00 bits per heavy atom. The molecule has 0 radical (unpaired) electrons. The first-order chi connectivity index (χ1) is 22.6. The summed E-state index contributed by atoms with van der Waals surface area (Å²) in [6.45, 7) is 0. The average Bonchev–Trinajstić information content (AvgIpc) is 3.46. The molecule has 4 aromatic rings. The van der Waals surface area contributed by atoms with Crippen molar-refractivity contribution >= 4 is 25.0 Å². The van der Waals surface area contributed by atoms with Crippen molar-refractivity contribution in [3.8, 4) is 11.5 Å². The molecule has 2 heterocycles. The first kappa shape index (κ1) is 34.3. The highest BCUT2D eigenvalue weighted by Gasteiger charge is 2.47. The fourth-order valence-corrected chi connectivity index (χ4v) is 6.75. The number of hydrogen-bond acceptors (Lipinski definition) is 9. The molecule has 1 saturated heterocycles. The summed E-state index contributed by atoms with van der Waals surface area (Å²) >= 11 is 6.21. The van der Waals surface area contributed by atoms with Crippen molar-refractivity contribution in [1.82, 2.24) is 9.55 Å². The summed E-state index contributed by atoms with van der Waals surface area (Å²) in [5, 5.41) is 3.53. The maximum atomic E-state index is 15.5. The molecule has 1 aliphatic rings. The standard InChI is InChI=1S/C34H36ClFN3O7P/c1-42-27-14-10-25(11-15-27)34(24-8-6-5-7-9-24,26-12-16-28(43-2)17-13-26)38-30-18-20-39(32(40)37-30)31-29(36)22-33(23-35,46-31)19-21-47(41,44-3)45-4/h5-21,29,31H,22-23H2,1-4H3,(H,37,38,40)/b21-19+/t29-,31-,33-/m1/s1. The van der Waals surface area contributed by atoms with Crippen LogP contribution in [0.15, 0.2) is 108 Å². The maximum absolute atomic E-state index is 15.5. The van der Waals surface area contributed by atoms with Crippen LogP contribution in [0.1, 0.15) is 29.3 Å². The summed E-state index contributed by atoms with van der Waals surface area (Å²) in [7, 11) is 2.09. The molecule has 0 unspecified atom stereocenters. The third-order valence-corrected chi connectivity index (χ3v) is 10.2. The summed E-state index contributed by atoms with van der Waals surface area (Å²) in [5.41, 5.74) is -0.596. The monoisotopic (exact) mass is 683 g/mol. The van der Waals surface area contributed by atoms with Gasteiger partial charge in [0.1, 0.15) is 34.6 Å². The summed E-state index contributed by atoms with van der Waals surface area (Å²) in [6.07, 6.45) is -0.353. The fraction of sp³-hybridized carbons (Fsp3) is 0.294. The molecule has 0 bridgehead atoms. The lowest BCUT2D eigenvalue weighted by Crippen LogP contribution is -2.40. The molecule has 0 aliphatic carbocycles. The van der Waals surface area contributed by atoms with Crippen molar-refractivity contribution in [3.63, 3.8) is 0 Å². The van der Waals surface area contributed by atoms with Crippen molar-refractivity contribution < 1.29 is 32.2 Å². The number of benzene rings is 3. The van der Waals surface area contributed by atoms with E-state index in [1.54, 1.807) is 20.3 Å². The van der Waals surface area contributed by atoms with E-state index in [1.807, 2.05) is 78.9 Å². The summed E-state index contributed by atoms with van der Waals surface area (Å²) in [6, 6.07) is 26.5. The van der Waals surface area contributed by atoms with Gasteiger partial charge in [-0.2, -0.15) is 4.98 Å². The van der Waals surface area contributed by atoms with Crippen molar-refractivity contribution in [2.24, 2.45) is 0 Å². The fourth-order valence-electron chi connectivity index (χ4n) is 5.64. The molecule has 0 saturated carbocycles. The van der Waals surface area contributed by atoms with Gasteiger partial charge in [-0.3, -0.25) is 9.13 Å². The number of methoxy groups -OCH3 is 2. The van der Waals surface area contributed by atoms with Crippen molar-refractivity contribution in [2.75, 3.05) is 39.6 Å². The molecule has 0 amide bonds. The minimum absolute atomic E-state index is 0.168. The van der Waals surface area contributed by atoms with Crippen LogP contribution in [-0.4, -0.2) is 55.6 Å². The van der Waals surface area contributed by atoms with Crippen molar-refractivity contribution in [3.05, 3.63) is 130 Å². The molecule has 1 aliphatic heterocycles. The van der Waals surface area contributed by atoms with Gasteiger partial charge < -0.3 is 28.6 Å². The van der Waals surface area contributed by atoms with Crippen LogP contribution in [0.2, 0.25) is 0 Å². The van der Waals surface area contributed by atoms with E-state index in [1.165, 1.54) is 32.3 Å². The van der Waals surface area contributed by atoms with E-state index in [2.05, 4.69) is 10.3 Å². The second-order valence-corrected chi connectivity index (χ2v) is 13.2. The predicted octanol–water partition coefficient (Wildman–Crippen LogP) is 6.90. The van der Waals surface area contributed by atoms with Crippen LogP contribution in [0.3, 0.4) is 0 Å². The Balaban J connectivity index is 1.56. The molecule has 1 aromatic heterocycles. The number of rotatable bonds is 13. The highest BCUT2D eigenvalue weighted by Crippen LogP contribution is 2.50. The molecule has 5 rings (SSSR count). The van der Waals surface area contributed by atoms with Crippen LogP contribution in [-0.2, 0) is 23.9 Å². The van der Waals surface area contributed by atoms with Crippen molar-refractivity contribution in [2.45, 2.75) is 30.0 Å². The van der Waals surface area contributed by atoms with Crippen molar-refractivity contribution in [1.29, 1.82) is 0 Å². The third kappa shape index (κ3) is 7.00. The Morgan fingerprint density at radius 1 is 0.957 bits per heavy atom. The van der Waals surface area contributed by atoms with Crippen LogP contribution in [0.25, 0.3) is 0 Å². The topological polar surface area (TPSA) is 110 Å². The smallest absolute Gasteiger partial charge is 0.353 e. The number of ether oxygens (including phenoxy) is 3. The molecule has 1 N–H and O–H groups in total. The van der Waals surface area contributed by atoms with Gasteiger partial charge in [-0.1, -0.05) is 54.6 Å². The average molecular weight is 684 g/mol. The number of hydrogen-bond donors (Lipinski definition) is 1. The number of halogens is 2. The Bertz CT molecular complexity index is 1730. The first-order valence-corrected chi connectivity index (χ1v) is 16.8. The lowest BCUT2D eigenvalue weighted by atomic mass is 9.77. The minimum atomic E-state index is -3.57. The minimum Gasteiger partial charge on any atom is -0.497 e. The van der Waals surface area contributed by atoms with Crippen LogP contribution in [0.4, 0.5) is 10.2 Å². The van der Waals surface area contributed by atoms with Gasteiger partial charge in [-0.05, 0) is 53.1 Å². The summed E-state index contributed by atoms with van der Waals surface area (Å²) in [5.74, 6) is 2.61. The van der Waals surface area contributed by atoms with Gasteiger partial charge in [0.15, 0.2) is 6.23 Å². The van der Waals surface area contributed by atoms with E-state index >= 15 is 4.39 Å². The normalized spacial score (nSPS) is 20.0. The second kappa shape index (κ2) is 14.4. The number of aromatic nitrogens is 2. The molecule has 13 heteroatoms. The highest BCUT2D eigenvalue weighted by atomic mass is 35.5. The Labute approximate surface area is 277 Å². The lowest BCUT2D eigenvalue weighted by Gasteiger charge is -2.37. The zero-order valence-electron chi connectivity index (χ0n) is 26.3. The summed E-state index contributed by atoms with van der Waals surface area (Å²) < 4.78 is 55.9. The molecule has 248 valence electrons. The zero-order valence-corrected chi connectivity index (χ0v) is 28.0. The number of alkyl halides is 2. The maximum Gasteiger partial charge on any atom is 0.353 e. The second-order valence-electron chi connectivity index (χ2n) is 10.8. The molecule has 1 fully saturated rings. The SMILES string of the molecule is COc1ccc(C(Nc2ccn([C@@H]3O[C@@](/C=C/P(=O)(OC)OC)(CCl)C[C@H]3F)c(=O)n2)(c2ccccc2)c2ccc(OC)cc2)cc1. The molecular weight excluding hydrogens is 648 g/mol. The van der Waals surface area contributed by atoms with Gasteiger partial charge in [0.2, 0.25) is 0 Å². The largest absolute Gasteiger partial charge is 0.497 e. The predicted molar refractivity (Wildman–Crippen MR) is 178 cm³/mol. The van der Waals surface area contributed by atoms with Crippen LogP contribution >= 0.6 is 19.2 Å². The quantitative estimate of drug-likeness (QED) is 0.0914. The zero-order chi connectivity index (χ0) is 33.7. The molecular formula is C34H36ClFN3O7P. The Kier molecular flexibility index (Phi) is 10.5. The van der Waals surface area contributed by atoms with E-state index in [4.69, 9.17) is 34.9 Å². The van der Waals surface area contributed by atoms with E-state index in [0.29, 0.717) is 11.5 Å². The van der Waals surface area contributed by atoms with Gasteiger partial charge >= 0.3 is 13.3 Å². The van der Waals surface area contributed by atoms with Crippen LogP contribution in [0.5, 0.6) is 11.5 Å². The molecule has 0 spiro atoms. The van der Waals surface area contributed by atoms with Crippen LogP contribution in [0, 0.1) is 0 Å². The lowest BCUT2D eigenvalue weighted by molar-refractivity contribution is -0.0476. The van der Waals surface area contributed by atoms with Gasteiger partial charge in [0, 0.05) is 32.7 Å². The highest BCUT2D eigenvalue weighted by molar-refractivity contribution is 7.57. The van der Waals surface area contributed by atoms with E-state index in [-0.39, 0.29) is 18.1 Å². The first-order valence-electron chi connectivity index (χ1n) is 14.7. The Morgan fingerprint density at radius 2 is 1.51 bits per heavy atom. The van der Waals surface area contributed by atoms with E-state index in [9.17, 15) is 9.36 Å². The molecule has 3 atom stereocenters. The molecule has 3 aromatic carbocycles. The van der Waals surface area contributed by atoms with Gasteiger partial charge in [-0.15, -0.1) is 11.6 Å². The molecule has 47 heavy (non-hydrogen) atoms. The van der Waals surface area contributed by atoms with Crippen LogP contribution < -0.4 is 20.5 Å². The third-order valence-electron chi connectivity index (χ3n) is 8.17. The molecule has 10 nitrogen and oxygen atoms in total.